The molecule has 4 nitrogen and oxygen atoms in total. The number of carbonyl (C=O) groups is 1. The molecule has 5 rings (SSSR count). The van der Waals surface area contributed by atoms with Crippen LogP contribution in [0.25, 0.3) is 21.5 Å². The number of nitriles is 1. The maximum atomic E-state index is 13.4. The molecule has 6 heteroatoms. The monoisotopic (exact) mass is 443 g/mol. The molecule has 4 aromatic rings. The molecule has 0 bridgehead atoms. The van der Waals surface area contributed by atoms with Crippen molar-refractivity contribution in [3.8, 4) is 16.6 Å². The Morgan fingerprint density at radius 3 is 2.84 bits per heavy atom. The van der Waals surface area contributed by atoms with E-state index in [1.165, 1.54) is 9.75 Å². The van der Waals surface area contributed by atoms with Gasteiger partial charge in [0.2, 0.25) is 0 Å². The minimum Gasteiger partial charge on any atom is -0.312 e. The molecule has 0 saturated heterocycles. The predicted molar refractivity (Wildman–Crippen MR) is 128 cm³/mol. The summed E-state index contributed by atoms with van der Waals surface area (Å²) in [5.74, 6) is 0.415. The summed E-state index contributed by atoms with van der Waals surface area (Å²) in [6.07, 6.45) is 2.97. The van der Waals surface area contributed by atoms with Gasteiger partial charge in [-0.3, -0.25) is 4.79 Å². The first-order valence-electron chi connectivity index (χ1n) is 10.4. The highest BCUT2D eigenvalue weighted by atomic mass is 32.1. The maximum absolute atomic E-state index is 13.4. The summed E-state index contributed by atoms with van der Waals surface area (Å²) in [5.41, 5.74) is 3.91. The lowest BCUT2D eigenvalue weighted by atomic mass is 9.88. The number of nitrogens with zero attached hydrogens (tertiary/aromatic N) is 2. The zero-order valence-electron chi connectivity index (χ0n) is 17.4. The fourth-order valence-corrected chi connectivity index (χ4v) is 6.37. The molecule has 1 atom stereocenters. The number of aromatic nitrogens is 1. The number of nitrogens with one attached hydrogen (secondary N) is 1. The van der Waals surface area contributed by atoms with Crippen LogP contribution in [0.3, 0.4) is 0 Å². The number of benzene rings is 1. The van der Waals surface area contributed by atoms with Crippen molar-refractivity contribution in [3.63, 3.8) is 0 Å². The molecule has 1 aliphatic carbocycles. The van der Waals surface area contributed by atoms with Crippen molar-refractivity contribution in [2.24, 2.45) is 5.92 Å². The van der Waals surface area contributed by atoms with Gasteiger partial charge in [0.05, 0.1) is 27.2 Å². The molecule has 3 heterocycles. The summed E-state index contributed by atoms with van der Waals surface area (Å²) in [7, 11) is 0. The Labute approximate surface area is 189 Å². The van der Waals surface area contributed by atoms with Crippen molar-refractivity contribution < 1.29 is 4.79 Å². The lowest BCUT2D eigenvalue weighted by Crippen LogP contribution is -2.13. The maximum Gasteiger partial charge on any atom is 0.257 e. The number of aryl methyl sites for hydroxylation is 1. The molecule has 0 fully saturated rings. The van der Waals surface area contributed by atoms with Gasteiger partial charge in [0, 0.05) is 15.1 Å². The van der Waals surface area contributed by atoms with Crippen LogP contribution in [0.5, 0.6) is 0 Å². The second-order valence-corrected chi connectivity index (χ2v) is 10.5. The van der Waals surface area contributed by atoms with E-state index in [2.05, 4.69) is 31.3 Å². The van der Waals surface area contributed by atoms with Gasteiger partial charge in [-0.1, -0.05) is 25.1 Å². The first-order chi connectivity index (χ1) is 15.0. The molecule has 1 aromatic carbocycles. The number of carbonyl (C=O) groups excluding carboxylic acids is 1. The van der Waals surface area contributed by atoms with Crippen LogP contribution in [-0.2, 0) is 12.8 Å². The molecular weight excluding hydrogens is 422 g/mol. The molecule has 3 aromatic heterocycles. The molecule has 0 saturated carbocycles. The number of pyridine rings is 1. The molecule has 0 aliphatic heterocycles. The Hall–Kier alpha value is -3.01. The fourth-order valence-electron chi connectivity index (χ4n) is 4.19. The van der Waals surface area contributed by atoms with Crippen LogP contribution in [-0.4, -0.2) is 10.9 Å². The summed E-state index contributed by atoms with van der Waals surface area (Å²) in [4.78, 5) is 21.7. The second kappa shape index (κ2) is 7.92. The van der Waals surface area contributed by atoms with Gasteiger partial charge in [0.15, 0.2) is 0 Å². The van der Waals surface area contributed by atoms with Gasteiger partial charge >= 0.3 is 0 Å². The van der Waals surface area contributed by atoms with Crippen molar-refractivity contribution in [2.75, 3.05) is 5.32 Å². The summed E-state index contributed by atoms with van der Waals surface area (Å²) >= 11 is 3.22. The van der Waals surface area contributed by atoms with E-state index in [1.54, 1.807) is 22.7 Å². The highest BCUT2D eigenvalue weighted by Gasteiger charge is 2.25. The Bertz CT molecular complexity index is 1360. The minimum atomic E-state index is -0.198. The molecule has 0 unspecified atom stereocenters. The highest BCUT2D eigenvalue weighted by Crippen LogP contribution is 2.39. The third-order valence-corrected chi connectivity index (χ3v) is 8.00. The van der Waals surface area contributed by atoms with E-state index in [-0.39, 0.29) is 5.91 Å². The largest absolute Gasteiger partial charge is 0.312 e. The lowest BCUT2D eigenvalue weighted by Gasteiger charge is -2.17. The quantitative estimate of drug-likeness (QED) is 0.389. The van der Waals surface area contributed by atoms with Gasteiger partial charge in [0.1, 0.15) is 11.1 Å². The van der Waals surface area contributed by atoms with Crippen LogP contribution in [0, 0.1) is 24.2 Å². The van der Waals surface area contributed by atoms with E-state index in [0.717, 1.165) is 46.3 Å². The Balaban J connectivity index is 1.57. The van der Waals surface area contributed by atoms with Crippen LogP contribution >= 0.6 is 22.7 Å². The average molecular weight is 444 g/mol. The normalized spacial score (nSPS) is 15.5. The standard InChI is InChI=1S/C25H21N3OS2/c1-14-7-9-17-19(13-26)25(31-23(17)11-14)28-24(29)18-12-21(22-10-8-15(2)30-22)27-20-6-4-3-5-16(18)20/h3-6,8,10,12,14H,7,9,11H2,1-2H3,(H,28,29)/t14-/m1/s1. The van der Waals surface area contributed by atoms with Crippen LogP contribution in [0.15, 0.2) is 42.5 Å². The van der Waals surface area contributed by atoms with Gasteiger partial charge < -0.3 is 5.32 Å². The van der Waals surface area contributed by atoms with Gasteiger partial charge in [-0.25, -0.2) is 4.98 Å². The Kier molecular flexibility index (Phi) is 5.09. The number of rotatable bonds is 3. The summed E-state index contributed by atoms with van der Waals surface area (Å²) < 4.78 is 0. The van der Waals surface area contributed by atoms with Gasteiger partial charge in [0.25, 0.3) is 5.91 Å². The Morgan fingerprint density at radius 2 is 2.06 bits per heavy atom. The van der Waals surface area contributed by atoms with Crippen LogP contribution < -0.4 is 5.32 Å². The van der Waals surface area contributed by atoms with E-state index >= 15 is 0 Å². The molecule has 0 radical (unpaired) electrons. The number of thiophene rings is 2. The third kappa shape index (κ3) is 3.65. The van der Waals surface area contributed by atoms with Crippen molar-refractivity contribution in [1.29, 1.82) is 5.26 Å². The highest BCUT2D eigenvalue weighted by molar-refractivity contribution is 7.16. The second-order valence-electron chi connectivity index (χ2n) is 8.10. The zero-order valence-corrected chi connectivity index (χ0v) is 19.0. The van der Waals surface area contributed by atoms with E-state index in [4.69, 9.17) is 4.98 Å². The fraction of sp³-hybridized carbons (Fsp3) is 0.240. The SMILES string of the molecule is Cc1ccc(-c2cc(C(=O)Nc3sc4c(c3C#N)CC[C@@H](C)C4)c3ccccc3n2)s1. The molecular formula is C25H21N3OS2. The summed E-state index contributed by atoms with van der Waals surface area (Å²) in [5, 5.41) is 14.3. The van der Waals surface area contributed by atoms with Crippen LogP contribution in [0.1, 0.15) is 44.6 Å². The van der Waals surface area contributed by atoms with E-state index in [1.807, 2.05) is 36.4 Å². The van der Waals surface area contributed by atoms with Gasteiger partial charge in [-0.15, -0.1) is 22.7 Å². The number of amides is 1. The first-order valence-corrected chi connectivity index (χ1v) is 12.0. The lowest BCUT2D eigenvalue weighted by molar-refractivity contribution is 0.102. The number of hydrogen-bond acceptors (Lipinski definition) is 5. The summed E-state index contributed by atoms with van der Waals surface area (Å²) in [6, 6.07) is 16.0. The number of hydrogen-bond donors (Lipinski definition) is 1. The van der Waals surface area contributed by atoms with Crippen molar-refractivity contribution in [1.82, 2.24) is 4.98 Å². The molecule has 1 N–H and O–H groups in total. The third-order valence-electron chi connectivity index (χ3n) is 5.80. The zero-order chi connectivity index (χ0) is 21.5. The molecule has 0 spiro atoms. The predicted octanol–water partition coefficient (Wildman–Crippen LogP) is 6.58. The molecule has 1 aliphatic rings. The number of fused-ring (bicyclic) bond motifs is 2. The Morgan fingerprint density at radius 1 is 1.23 bits per heavy atom. The molecule has 1 amide bonds. The number of para-hydroxylation sites is 1. The molecule has 154 valence electrons. The smallest absolute Gasteiger partial charge is 0.257 e. The van der Waals surface area contributed by atoms with Crippen molar-refractivity contribution in [2.45, 2.75) is 33.1 Å². The number of anilines is 1. The molecule has 31 heavy (non-hydrogen) atoms. The summed E-state index contributed by atoms with van der Waals surface area (Å²) in [6.45, 7) is 4.30. The topological polar surface area (TPSA) is 65.8 Å². The first kappa shape index (κ1) is 19.9. The van der Waals surface area contributed by atoms with Crippen molar-refractivity contribution >= 4 is 44.5 Å². The van der Waals surface area contributed by atoms with Gasteiger partial charge in [-0.2, -0.15) is 5.26 Å². The average Bonchev–Trinajstić information content (AvgIpc) is 3.35. The van der Waals surface area contributed by atoms with Crippen LogP contribution in [0.2, 0.25) is 0 Å². The van der Waals surface area contributed by atoms with E-state index < -0.39 is 0 Å². The minimum absolute atomic E-state index is 0.198. The van der Waals surface area contributed by atoms with E-state index in [0.29, 0.717) is 22.0 Å². The van der Waals surface area contributed by atoms with Crippen molar-refractivity contribution in [3.05, 3.63) is 68.9 Å². The van der Waals surface area contributed by atoms with Gasteiger partial charge in [-0.05, 0) is 61.9 Å². The van der Waals surface area contributed by atoms with E-state index in [9.17, 15) is 10.1 Å². The van der Waals surface area contributed by atoms with Crippen LogP contribution in [0.4, 0.5) is 5.00 Å².